The normalized spacial score (nSPS) is 10.7. The number of aromatic amines is 1. The van der Waals surface area contributed by atoms with Crippen molar-refractivity contribution in [3.63, 3.8) is 0 Å². The van der Waals surface area contributed by atoms with Crippen LogP contribution in [0.3, 0.4) is 0 Å². The molecule has 5 heteroatoms. The first kappa shape index (κ1) is 13.2. The molecule has 2 aromatic heterocycles. The molecule has 1 aromatic carbocycles. The lowest BCUT2D eigenvalue weighted by Gasteiger charge is -2.04. The second-order valence-electron chi connectivity index (χ2n) is 4.83. The molecule has 0 radical (unpaired) electrons. The van der Waals surface area contributed by atoms with Crippen molar-refractivity contribution in [2.75, 3.05) is 12.3 Å². The highest BCUT2D eigenvalue weighted by atomic mass is 16.1. The summed E-state index contributed by atoms with van der Waals surface area (Å²) >= 11 is 0. The average Bonchev–Trinajstić information content (AvgIpc) is 2.91. The number of nitrogens with one attached hydrogen (secondary N) is 2. The summed E-state index contributed by atoms with van der Waals surface area (Å²) < 4.78 is 0. The lowest BCUT2D eigenvalue weighted by molar-refractivity contribution is 0.0956. The van der Waals surface area contributed by atoms with Crippen molar-refractivity contribution in [1.82, 2.24) is 15.3 Å². The lowest BCUT2D eigenvalue weighted by Crippen LogP contribution is -2.25. The smallest absolute Gasteiger partial charge is 0.253 e. The largest absolute Gasteiger partial charge is 0.399 e. The molecule has 0 aliphatic carbocycles. The maximum absolute atomic E-state index is 12.2. The summed E-state index contributed by atoms with van der Waals surface area (Å²) in [7, 11) is 0. The monoisotopic (exact) mass is 280 g/mol. The van der Waals surface area contributed by atoms with E-state index in [1.165, 1.54) is 0 Å². The molecular weight excluding hydrogens is 264 g/mol. The third-order valence-corrected chi connectivity index (χ3v) is 3.34. The van der Waals surface area contributed by atoms with Crippen molar-refractivity contribution in [3.05, 3.63) is 60.0 Å². The molecule has 4 N–H and O–H groups in total. The number of rotatable bonds is 4. The molecule has 1 amide bonds. The van der Waals surface area contributed by atoms with Crippen molar-refractivity contribution in [2.45, 2.75) is 6.42 Å². The molecule has 0 bridgehead atoms. The molecule has 3 aromatic rings. The van der Waals surface area contributed by atoms with Gasteiger partial charge in [-0.2, -0.15) is 0 Å². The molecule has 0 spiro atoms. The molecule has 0 saturated carbocycles. The van der Waals surface area contributed by atoms with E-state index in [2.05, 4.69) is 15.3 Å². The number of nitrogens with zero attached hydrogens (tertiary/aromatic N) is 1. The molecule has 0 aliphatic rings. The van der Waals surface area contributed by atoms with Crippen LogP contribution in [0.5, 0.6) is 0 Å². The van der Waals surface area contributed by atoms with Gasteiger partial charge in [0.1, 0.15) is 0 Å². The molecule has 3 rings (SSSR count). The number of aromatic nitrogens is 2. The van der Waals surface area contributed by atoms with Gasteiger partial charge in [0.05, 0.1) is 5.56 Å². The SMILES string of the molecule is Nc1ccc2c(C(=O)NCCc3ccccn3)c[nH]c2c1. The van der Waals surface area contributed by atoms with Crippen molar-refractivity contribution < 1.29 is 4.79 Å². The van der Waals surface area contributed by atoms with Crippen molar-refractivity contribution in [2.24, 2.45) is 0 Å². The number of amides is 1. The maximum Gasteiger partial charge on any atom is 0.253 e. The first-order valence-electron chi connectivity index (χ1n) is 6.79. The predicted octanol–water partition coefficient (Wildman–Crippen LogP) is 2.12. The number of anilines is 1. The number of hydrogen-bond donors (Lipinski definition) is 3. The highest BCUT2D eigenvalue weighted by molar-refractivity contribution is 6.07. The Morgan fingerprint density at radius 2 is 2.19 bits per heavy atom. The van der Waals surface area contributed by atoms with Crippen LogP contribution in [0.15, 0.2) is 48.8 Å². The van der Waals surface area contributed by atoms with Crippen LogP contribution in [-0.4, -0.2) is 22.4 Å². The number of benzene rings is 1. The minimum atomic E-state index is -0.0954. The number of carbonyl (C=O) groups excluding carboxylic acids is 1. The van der Waals surface area contributed by atoms with E-state index in [1.807, 2.05) is 30.3 Å². The van der Waals surface area contributed by atoms with E-state index < -0.39 is 0 Å². The number of nitrogen functional groups attached to an aromatic ring is 1. The molecule has 21 heavy (non-hydrogen) atoms. The van der Waals surface area contributed by atoms with Gasteiger partial charge in [-0.05, 0) is 30.3 Å². The van der Waals surface area contributed by atoms with Gasteiger partial charge < -0.3 is 16.0 Å². The highest BCUT2D eigenvalue weighted by Gasteiger charge is 2.11. The Labute approximate surface area is 122 Å². The zero-order chi connectivity index (χ0) is 14.7. The van der Waals surface area contributed by atoms with Crippen LogP contribution in [0.2, 0.25) is 0 Å². The Balaban J connectivity index is 1.67. The minimum Gasteiger partial charge on any atom is -0.399 e. The van der Waals surface area contributed by atoms with E-state index in [0.29, 0.717) is 24.2 Å². The van der Waals surface area contributed by atoms with Gasteiger partial charge in [0.15, 0.2) is 0 Å². The minimum absolute atomic E-state index is 0.0954. The van der Waals surface area contributed by atoms with Gasteiger partial charge >= 0.3 is 0 Å². The molecule has 0 atom stereocenters. The summed E-state index contributed by atoms with van der Waals surface area (Å²) in [5.74, 6) is -0.0954. The van der Waals surface area contributed by atoms with Gasteiger partial charge in [0, 0.05) is 47.6 Å². The van der Waals surface area contributed by atoms with Crippen LogP contribution < -0.4 is 11.1 Å². The van der Waals surface area contributed by atoms with Crippen molar-refractivity contribution in [3.8, 4) is 0 Å². The number of carbonyl (C=O) groups is 1. The summed E-state index contributed by atoms with van der Waals surface area (Å²) in [6.07, 6.45) is 4.17. The van der Waals surface area contributed by atoms with Crippen molar-refractivity contribution >= 4 is 22.5 Å². The third-order valence-electron chi connectivity index (χ3n) is 3.34. The second kappa shape index (κ2) is 5.66. The molecule has 0 saturated heterocycles. The molecule has 0 fully saturated rings. The van der Waals surface area contributed by atoms with Gasteiger partial charge in [-0.1, -0.05) is 6.07 Å². The van der Waals surface area contributed by atoms with Crippen LogP contribution in [0.25, 0.3) is 10.9 Å². The van der Waals surface area contributed by atoms with E-state index in [0.717, 1.165) is 16.6 Å². The van der Waals surface area contributed by atoms with E-state index in [-0.39, 0.29) is 5.91 Å². The number of nitrogens with two attached hydrogens (primary N) is 1. The number of hydrogen-bond acceptors (Lipinski definition) is 3. The number of pyridine rings is 1. The number of fused-ring (bicyclic) bond motifs is 1. The van der Waals surface area contributed by atoms with E-state index in [4.69, 9.17) is 5.73 Å². The van der Waals surface area contributed by atoms with Crippen LogP contribution >= 0.6 is 0 Å². The van der Waals surface area contributed by atoms with Crippen LogP contribution in [0.4, 0.5) is 5.69 Å². The van der Waals surface area contributed by atoms with E-state index >= 15 is 0 Å². The Hall–Kier alpha value is -2.82. The maximum atomic E-state index is 12.2. The summed E-state index contributed by atoms with van der Waals surface area (Å²) in [6.45, 7) is 0.553. The molecule has 0 unspecified atom stereocenters. The average molecular weight is 280 g/mol. The zero-order valence-electron chi connectivity index (χ0n) is 11.5. The Kier molecular flexibility index (Phi) is 3.55. The molecule has 2 heterocycles. The Morgan fingerprint density at radius 3 is 3.00 bits per heavy atom. The van der Waals surface area contributed by atoms with Gasteiger partial charge in [0.2, 0.25) is 0 Å². The molecular formula is C16H16N4O. The fraction of sp³-hybridized carbons (Fsp3) is 0.125. The quantitative estimate of drug-likeness (QED) is 0.640. The number of H-pyrrole nitrogens is 1. The van der Waals surface area contributed by atoms with Crippen LogP contribution in [0, 0.1) is 0 Å². The Bertz CT molecular complexity index is 764. The molecule has 106 valence electrons. The lowest BCUT2D eigenvalue weighted by atomic mass is 10.1. The molecule has 0 aliphatic heterocycles. The predicted molar refractivity (Wildman–Crippen MR) is 83.0 cm³/mol. The second-order valence-corrected chi connectivity index (χ2v) is 4.83. The highest BCUT2D eigenvalue weighted by Crippen LogP contribution is 2.20. The summed E-state index contributed by atoms with van der Waals surface area (Å²) in [5, 5.41) is 3.78. The zero-order valence-corrected chi connectivity index (χ0v) is 11.5. The summed E-state index contributed by atoms with van der Waals surface area (Å²) in [5.41, 5.74) is 8.86. The van der Waals surface area contributed by atoms with Crippen LogP contribution in [-0.2, 0) is 6.42 Å². The fourth-order valence-corrected chi connectivity index (χ4v) is 2.28. The topological polar surface area (TPSA) is 83.8 Å². The molecule has 5 nitrogen and oxygen atoms in total. The van der Waals surface area contributed by atoms with E-state index in [9.17, 15) is 4.79 Å². The standard InChI is InChI=1S/C16H16N4O/c17-11-4-5-13-14(10-20-15(13)9-11)16(21)19-8-6-12-3-1-2-7-18-12/h1-5,7,9-10,20H,6,8,17H2,(H,19,21). The van der Waals surface area contributed by atoms with Gasteiger partial charge in [0.25, 0.3) is 5.91 Å². The van der Waals surface area contributed by atoms with Gasteiger partial charge in [-0.25, -0.2) is 0 Å². The van der Waals surface area contributed by atoms with E-state index in [1.54, 1.807) is 18.5 Å². The van der Waals surface area contributed by atoms with Gasteiger partial charge in [-0.3, -0.25) is 9.78 Å². The first-order chi connectivity index (χ1) is 10.2. The Morgan fingerprint density at radius 1 is 1.29 bits per heavy atom. The summed E-state index contributed by atoms with van der Waals surface area (Å²) in [4.78, 5) is 19.5. The fourth-order valence-electron chi connectivity index (χ4n) is 2.28. The van der Waals surface area contributed by atoms with Gasteiger partial charge in [-0.15, -0.1) is 0 Å². The third kappa shape index (κ3) is 2.86. The van der Waals surface area contributed by atoms with Crippen molar-refractivity contribution in [1.29, 1.82) is 0 Å². The van der Waals surface area contributed by atoms with Crippen LogP contribution in [0.1, 0.15) is 16.1 Å². The first-order valence-corrected chi connectivity index (χ1v) is 6.79. The summed E-state index contributed by atoms with van der Waals surface area (Å²) in [6, 6.07) is 11.2.